The zero-order valence-corrected chi connectivity index (χ0v) is 20.5. The highest BCUT2D eigenvalue weighted by Crippen LogP contribution is 2.61. The van der Waals surface area contributed by atoms with Gasteiger partial charge in [-0.25, -0.2) is 13.9 Å². The zero-order valence-electron chi connectivity index (χ0n) is 18.8. The zero-order chi connectivity index (χ0) is 28.4. The summed E-state index contributed by atoms with van der Waals surface area (Å²) in [6.07, 6.45) is -15.5. The molecule has 8 N–H and O–H groups in total. The van der Waals surface area contributed by atoms with E-state index in [0.29, 0.717) is 0 Å². The number of aliphatic hydroxyl groups excluding tert-OH is 5. The lowest BCUT2D eigenvalue weighted by molar-refractivity contribution is -0.272. The fraction of sp³-hybridized carbons (Fsp3) is 0.733. The fourth-order valence-electron chi connectivity index (χ4n) is 3.47. The number of phosphoric acid groups is 2. The van der Waals surface area contributed by atoms with E-state index in [-0.39, 0.29) is 0 Å². The summed E-state index contributed by atoms with van der Waals surface area (Å²) in [5, 5.41) is 53.1. The van der Waals surface area contributed by atoms with Crippen LogP contribution in [0.3, 0.4) is 0 Å². The van der Waals surface area contributed by atoms with Gasteiger partial charge < -0.3 is 44.8 Å². The highest BCUT2D eigenvalue weighted by atomic mass is 31.3. The Bertz CT molecular complexity index is 1250. The number of hydrogen-bond donors (Lipinski definition) is 8. The van der Waals surface area contributed by atoms with E-state index in [1.165, 1.54) is 0 Å². The van der Waals surface area contributed by atoms with Gasteiger partial charge in [0.15, 0.2) is 12.5 Å². The van der Waals surface area contributed by atoms with Crippen molar-refractivity contribution < 1.29 is 67.3 Å². The number of azide groups is 1. The van der Waals surface area contributed by atoms with Crippen LogP contribution in [-0.2, 0) is 32.0 Å². The monoisotopic (exact) mass is 591 g/mol. The summed E-state index contributed by atoms with van der Waals surface area (Å²) < 4.78 is 48.5. The number of nitrogens with zero attached hydrogens (tertiary/aromatic N) is 4. The molecule has 0 spiro atoms. The molecule has 2 saturated heterocycles. The first-order valence-corrected chi connectivity index (χ1v) is 13.4. The van der Waals surface area contributed by atoms with Gasteiger partial charge in [0.05, 0.1) is 19.3 Å². The van der Waals surface area contributed by atoms with Crippen molar-refractivity contribution >= 4 is 15.6 Å². The summed E-state index contributed by atoms with van der Waals surface area (Å²) in [7, 11) is -11.1. The predicted molar refractivity (Wildman–Crippen MR) is 116 cm³/mol. The average molecular weight is 591 g/mol. The minimum atomic E-state index is -5.63. The minimum Gasteiger partial charge on any atom is -0.388 e. The van der Waals surface area contributed by atoms with Crippen molar-refractivity contribution in [2.24, 2.45) is 5.11 Å². The van der Waals surface area contributed by atoms with Crippen molar-refractivity contribution in [1.82, 2.24) is 9.55 Å². The van der Waals surface area contributed by atoms with Gasteiger partial charge in [-0.2, -0.15) is 4.31 Å². The average Bonchev–Trinajstić information content (AvgIpc) is 3.10. The smallest absolute Gasteiger partial charge is 0.388 e. The van der Waals surface area contributed by atoms with E-state index in [2.05, 4.69) is 23.4 Å². The molecule has 1 aromatic heterocycles. The third-order valence-corrected chi connectivity index (χ3v) is 7.90. The predicted octanol–water partition coefficient (Wildman–Crippen LogP) is -3.48. The maximum atomic E-state index is 12.3. The second kappa shape index (κ2) is 12.0. The van der Waals surface area contributed by atoms with Gasteiger partial charge >= 0.3 is 21.3 Å². The van der Waals surface area contributed by atoms with Crippen LogP contribution < -0.4 is 11.2 Å². The van der Waals surface area contributed by atoms with E-state index in [4.69, 9.17) is 15.0 Å². The van der Waals surface area contributed by atoms with Crippen LogP contribution in [0.15, 0.2) is 27.0 Å². The molecule has 0 aliphatic carbocycles. The largest absolute Gasteiger partial charge is 0.483 e. The first-order chi connectivity index (χ1) is 17.7. The van der Waals surface area contributed by atoms with E-state index < -0.39 is 95.3 Å². The fourth-order valence-corrected chi connectivity index (χ4v) is 5.63. The molecule has 1 aromatic rings. The molecule has 0 radical (unpaired) electrons. The second-order valence-corrected chi connectivity index (χ2v) is 10.9. The van der Waals surface area contributed by atoms with Crippen LogP contribution in [0.5, 0.6) is 0 Å². The molecule has 0 aromatic carbocycles. The van der Waals surface area contributed by atoms with Crippen molar-refractivity contribution in [1.29, 1.82) is 0 Å². The Morgan fingerprint density at radius 3 is 2.29 bits per heavy atom. The molecule has 38 heavy (non-hydrogen) atoms. The normalized spacial score (nSPS) is 36.7. The second-order valence-electron chi connectivity index (χ2n) is 7.91. The van der Waals surface area contributed by atoms with Crippen molar-refractivity contribution in [2.75, 3.05) is 13.2 Å². The lowest BCUT2D eigenvalue weighted by Gasteiger charge is -2.39. The van der Waals surface area contributed by atoms with E-state index in [9.17, 15) is 54.0 Å². The Labute approximate surface area is 210 Å². The van der Waals surface area contributed by atoms with Gasteiger partial charge in [0.25, 0.3) is 5.56 Å². The Morgan fingerprint density at radius 2 is 1.66 bits per heavy atom. The van der Waals surface area contributed by atoms with Gasteiger partial charge in [0.2, 0.25) is 0 Å². The van der Waals surface area contributed by atoms with Crippen LogP contribution >= 0.6 is 15.6 Å². The summed E-state index contributed by atoms with van der Waals surface area (Å²) in [4.78, 5) is 47.1. The van der Waals surface area contributed by atoms with Crippen LogP contribution in [0, 0.1) is 0 Å². The number of aliphatic hydroxyl groups is 5. The van der Waals surface area contributed by atoms with E-state index in [0.717, 1.165) is 16.8 Å². The summed E-state index contributed by atoms with van der Waals surface area (Å²) >= 11 is 0. The molecule has 2 aliphatic heterocycles. The van der Waals surface area contributed by atoms with Gasteiger partial charge in [-0.15, -0.1) is 0 Å². The Kier molecular flexibility index (Phi) is 9.64. The molecule has 3 heterocycles. The first-order valence-electron chi connectivity index (χ1n) is 10.4. The number of rotatable bonds is 10. The van der Waals surface area contributed by atoms with Gasteiger partial charge in [-0.05, 0) is 5.53 Å². The molecule has 5 unspecified atom stereocenters. The highest BCUT2D eigenvalue weighted by molar-refractivity contribution is 7.61. The summed E-state index contributed by atoms with van der Waals surface area (Å²) in [6, 6.07) is 0.924. The number of aromatic amines is 1. The van der Waals surface area contributed by atoms with Crippen molar-refractivity contribution in [3.63, 3.8) is 0 Å². The standard InChI is InChI=1S/C15H23N5O16P2/c16-19-17-3-5-8(22)10(24)12(26)14(34-5)35-38(30,31)36-37(28,29)32-4-6-9(23)11(25)13(33-6)20-2-1-7(21)18-15(20)27/h1-2,5-6,8-14,22-26H,3-4H2,(H,28,29)(H,30,31)(H,18,21,27)/t5?,6-,8-,9+,10+,11?,12?,13-,14-/m1/s1. The van der Waals surface area contributed by atoms with Crippen LogP contribution in [0.4, 0.5) is 0 Å². The summed E-state index contributed by atoms with van der Waals surface area (Å²) in [5.74, 6) is 0. The van der Waals surface area contributed by atoms with Crippen molar-refractivity contribution in [3.8, 4) is 0 Å². The summed E-state index contributed by atoms with van der Waals surface area (Å²) in [6.45, 7) is -1.64. The van der Waals surface area contributed by atoms with Gasteiger partial charge in [-0.1, -0.05) is 5.11 Å². The van der Waals surface area contributed by atoms with Crippen LogP contribution in [0.2, 0.25) is 0 Å². The van der Waals surface area contributed by atoms with E-state index >= 15 is 0 Å². The Hall–Kier alpha value is -2.03. The molecule has 0 bridgehead atoms. The maximum absolute atomic E-state index is 12.3. The van der Waals surface area contributed by atoms with E-state index in [1.807, 2.05) is 4.98 Å². The first kappa shape index (κ1) is 30.5. The Morgan fingerprint density at radius 1 is 1.00 bits per heavy atom. The molecule has 11 atom stereocenters. The number of phosphoric ester groups is 2. The van der Waals surface area contributed by atoms with Gasteiger partial charge in [-0.3, -0.25) is 23.4 Å². The van der Waals surface area contributed by atoms with Crippen LogP contribution in [-0.4, -0.2) is 107 Å². The lowest BCUT2D eigenvalue weighted by atomic mass is 9.99. The van der Waals surface area contributed by atoms with Crippen molar-refractivity contribution in [3.05, 3.63) is 43.5 Å². The molecule has 0 saturated carbocycles. The number of H-pyrrole nitrogens is 1. The maximum Gasteiger partial charge on any atom is 0.483 e. The van der Waals surface area contributed by atoms with E-state index in [1.54, 1.807) is 0 Å². The van der Waals surface area contributed by atoms with Crippen LogP contribution in [0.1, 0.15) is 6.23 Å². The molecular formula is C15H23N5O16P2. The topological polar surface area (TPSA) is 326 Å². The molecule has 3 rings (SSSR count). The third kappa shape index (κ3) is 7.13. The number of nitrogens with one attached hydrogen (secondary N) is 1. The summed E-state index contributed by atoms with van der Waals surface area (Å²) in [5.41, 5.74) is 6.61. The molecule has 2 aliphatic rings. The van der Waals surface area contributed by atoms with Gasteiger partial charge in [0.1, 0.15) is 36.6 Å². The highest BCUT2D eigenvalue weighted by Gasteiger charge is 2.49. The van der Waals surface area contributed by atoms with Crippen LogP contribution in [0.25, 0.3) is 10.4 Å². The lowest BCUT2D eigenvalue weighted by Crippen LogP contribution is -2.58. The van der Waals surface area contributed by atoms with Gasteiger partial charge in [0, 0.05) is 17.2 Å². The number of aromatic nitrogens is 2. The molecule has 2 fully saturated rings. The number of hydrogen-bond acceptors (Lipinski definition) is 15. The molecule has 214 valence electrons. The number of ether oxygens (including phenoxy) is 2. The van der Waals surface area contributed by atoms with Crippen molar-refractivity contribution in [2.45, 2.75) is 55.2 Å². The molecule has 0 amide bonds. The SMILES string of the molecule is [N-]=[N+]=NCC1O[C@H](OP(=O)(O)OP(=O)(O)OC[C@H]2O[C@@H](n3ccc(=O)[nH]c3=O)C(O)[C@H]2O)C(O)[C@@H](O)[C@@H]1O. The molecule has 23 heteroatoms. The molecular weight excluding hydrogens is 568 g/mol. The third-order valence-electron chi connectivity index (χ3n) is 5.30. The molecule has 21 nitrogen and oxygen atoms in total. The Balaban J connectivity index is 1.62. The quantitative estimate of drug-likeness (QED) is 0.0567. The minimum absolute atomic E-state index is 0.596.